The summed E-state index contributed by atoms with van der Waals surface area (Å²) >= 11 is 7.79. The molecule has 1 aliphatic heterocycles. The first-order valence-corrected chi connectivity index (χ1v) is 10.9. The number of carbonyl (C=O) groups is 1. The van der Waals surface area contributed by atoms with E-state index in [9.17, 15) is 9.59 Å². The number of amides is 1. The van der Waals surface area contributed by atoms with E-state index < -0.39 is 0 Å². The molecule has 0 spiro atoms. The number of aryl methyl sites for hydroxylation is 2. The molecule has 0 saturated heterocycles. The lowest BCUT2D eigenvalue weighted by Gasteiger charge is -2.13. The summed E-state index contributed by atoms with van der Waals surface area (Å²) in [5, 5.41) is 3.59. The summed E-state index contributed by atoms with van der Waals surface area (Å²) in [5.74, 6) is 0.839. The predicted octanol–water partition coefficient (Wildman–Crippen LogP) is 4.66. The summed E-state index contributed by atoms with van der Waals surface area (Å²) in [6, 6.07) is 16.2. The molecule has 1 aliphatic rings. The van der Waals surface area contributed by atoms with Gasteiger partial charge in [-0.1, -0.05) is 35.5 Å². The lowest BCUT2D eigenvalue weighted by atomic mass is 10.2. The van der Waals surface area contributed by atoms with Crippen LogP contribution in [0.3, 0.4) is 0 Å². The van der Waals surface area contributed by atoms with Gasteiger partial charge in [0.2, 0.25) is 6.79 Å². The van der Waals surface area contributed by atoms with E-state index in [4.69, 9.17) is 21.1 Å². The van der Waals surface area contributed by atoms with Crippen LogP contribution in [-0.4, -0.2) is 21.8 Å². The average molecular weight is 468 g/mol. The first-order chi connectivity index (χ1) is 15.4. The van der Waals surface area contributed by atoms with E-state index in [1.165, 1.54) is 11.8 Å². The number of rotatable bonds is 4. The Labute approximate surface area is 192 Å². The molecule has 7 nitrogen and oxygen atoms in total. The van der Waals surface area contributed by atoms with E-state index in [1.807, 2.05) is 30.3 Å². The Morgan fingerprint density at radius 3 is 2.47 bits per heavy atom. The quantitative estimate of drug-likeness (QED) is 0.472. The van der Waals surface area contributed by atoms with Gasteiger partial charge in [0.05, 0.1) is 21.7 Å². The molecule has 0 saturated carbocycles. The van der Waals surface area contributed by atoms with Crippen molar-refractivity contribution in [2.75, 3.05) is 12.1 Å². The molecule has 0 bridgehead atoms. The topological polar surface area (TPSA) is 74.5 Å². The van der Waals surface area contributed by atoms with Crippen molar-refractivity contribution in [2.24, 2.45) is 14.1 Å². The second kappa shape index (κ2) is 7.96. The van der Waals surface area contributed by atoms with Crippen molar-refractivity contribution in [3.05, 3.63) is 75.7 Å². The fraction of sp³-hybridized carbons (Fsp3) is 0.130. The maximum atomic E-state index is 13.1. The minimum absolute atomic E-state index is 0.137. The number of ether oxygens (including phenoxy) is 2. The van der Waals surface area contributed by atoms with E-state index >= 15 is 0 Å². The molecule has 0 unspecified atom stereocenters. The van der Waals surface area contributed by atoms with Crippen molar-refractivity contribution in [1.82, 2.24) is 9.13 Å². The van der Waals surface area contributed by atoms with Crippen molar-refractivity contribution in [2.45, 2.75) is 9.79 Å². The van der Waals surface area contributed by atoms with Gasteiger partial charge in [-0.2, -0.15) is 0 Å². The van der Waals surface area contributed by atoms with E-state index in [0.717, 1.165) is 15.3 Å². The molecule has 2 heterocycles. The Morgan fingerprint density at radius 1 is 0.969 bits per heavy atom. The van der Waals surface area contributed by atoms with Crippen LogP contribution >= 0.6 is 23.4 Å². The molecule has 0 fully saturated rings. The molecule has 5 rings (SSSR count). The minimum atomic E-state index is -0.301. The normalized spacial score (nSPS) is 12.3. The standard InChI is InChI=1S/C23H18ClN3O4S/c1-26-16-10-15(25-22(28)13-7-8-18-19(9-13)31-12-30-18)21(11-17(16)27(2)23(26)29)32-20-6-4-3-5-14(20)24/h3-11H,12H2,1-2H3,(H,25,28). The molecule has 1 amide bonds. The smallest absolute Gasteiger partial charge is 0.328 e. The number of imidazole rings is 1. The Hall–Kier alpha value is -3.36. The lowest BCUT2D eigenvalue weighted by Crippen LogP contribution is -2.19. The maximum absolute atomic E-state index is 13.1. The van der Waals surface area contributed by atoms with E-state index in [2.05, 4.69) is 5.32 Å². The van der Waals surface area contributed by atoms with Gasteiger partial charge < -0.3 is 14.8 Å². The predicted molar refractivity (Wildman–Crippen MR) is 124 cm³/mol. The summed E-state index contributed by atoms with van der Waals surface area (Å²) in [7, 11) is 3.43. The fourth-order valence-corrected chi connectivity index (χ4v) is 4.78. The Kier molecular flexibility index (Phi) is 5.11. The third kappa shape index (κ3) is 3.51. The second-order valence-electron chi connectivity index (χ2n) is 7.29. The second-order valence-corrected chi connectivity index (χ2v) is 8.78. The van der Waals surface area contributed by atoms with Crippen LogP contribution in [0.25, 0.3) is 11.0 Å². The van der Waals surface area contributed by atoms with Crippen LogP contribution in [0.5, 0.6) is 11.5 Å². The highest BCUT2D eigenvalue weighted by Crippen LogP contribution is 2.39. The highest BCUT2D eigenvalue weighted by Gasteiger charge is 2.19. The largest absolute Gasteiger partial charge is 0.454 e. The number of benzene rings is 3. The van der Waals surface area contributed by atoms with E-state index in [-0.39, 0.29) is 18.4 Å². The van der Waals surface area contributed by atoms with Gasteiger partial charge in [-0.3, -0.25) is 13.9 Å². The van der Waals surface area contributed by atoms with Crippen LogP contribution in [0.15, 0.2) is 69.2 Å². The fourth-order valence-electron chi connectivity index (χ4n) is 3.59. The highest BCUT2D eigenvalue weighted by atomic mass is 35.5. The number of halogens is 1. The van der Waals surface area contributed by atoms with Crippen molar-refractivity contribution in [3.63, 3.8) is 0 Å². The van der Waals surface area contributed by atoms with Crippen molar-refractivity contribution in [1.29, 1.82) is 0 Å². The monoisotopic (exact) mass is 467 g/mol. The third-order valence-corrected chi connectivity index (χ3v) is 6.89. The first-order valence-electron chi connectivity index (χ1n) is 9.75. The van der Waals surface area contributed by atoms with Gasteiger partial charge in [0.1, 0.15) is 0 Å². The molecule has 1 aromatic heterocycles. The zero-order valence-electron chi connectivity index (χ0n) is 17.2. The number of nitrogens with one attached hydrogen (secondary N) is 1. The molecule has 162 valence electrons. The number of aromatic nitrogens is 2. The van der Waals surface area contributed by atoms with Crippen LogP contribution in [0.2, 0.25) is 5.02 Å². The molecule has 3 aromatic carbocycles. The van der Waals surface area contributed by atoms with Crippen LogP contribution in [-0.2, 0) is 14.1 Å². The summed E-state index contributed by atoms with van der Waals surface area (Å²) in [4.78, 5) is 27.1. The van der Waals surface area contributed by atoms with Crippen molar-refractivity contribution < 1.29 is 14.3 Å². The molecule has 32 heavy (non-hydrogen) atoms. The molecular weight excluding hydrogens is 450 g/mol. The van der Waals surface area contributed by atoms with Crippen LogP contribution in [0.4, 0.5) is 5.69 Å². The van der Waals surface area contributed by atoms with Gasteiger partial charge in [0.15, 0.2) is 11.5 Å². The molecule has 4 aromatic rings. The van der Waals surface area contributed by atoms with Crippen LogP contribution < -0.4 is 20.5 Å². The molecule has 0 aliphatic carbocycles. The molecule has 1 N–H and O–H groups in total. The Morgan fingerprint density at radius 2 is 1.69 bits per heavy atom. The summed E-state index contributed by atoms with van der Waals surface area (Å²) in [6.07, 6.45) is 0. The minimum Gasteiger partial charge on any atom is -0.454 e. The Balaban J connectivity index is 1.58. The molecule has 9 heteroatoms. The van der Waals surface area contributed by atoms with Gasteiger partial charge in [0.25, 0.3) is 5.91 Å². The number of anilines is 1. The van der Waals surface area contributed by atoms with Gasteiger partial charge in [0, 0.05) is 29.4 Å². The number of carbonyl (C=O) groups excluding carboxylic acids is 1. The van der Waals surface area contributed by atoms with Crippen LogP contribution in [0, 0.1) is 0 Å². The summed E-state index contributed by atoms with van der Waals surface area (Å²) in [5.41, 5.74) is 2.33. The van der Waals surface area contributed by atoms with Gasteiger partial charge >= 0.3 is 5.69 Å². The zero-order chi connectivity index (χ0) is 22.4. The lowest BCUT2D eigenvalue weighted by molar-refractivity contribution is 0.102. The van der Waals surface area contributed by atoms with Gasteiger partial charge in [-0.25, -0.2) is 4.79 Å². The molecule has 0 radical (unpaired) electrons. The molecular formula is C23H18ClN3O4S. The Bertz CT molecular complexity index is 1440. The third-order valence-electron chi connectivity index (χ3n) is 5.31. The maximum Gasteiger partial charge on any atom is 0.328 e. The van der Waals surface area contributed by atoms with Gasteiger partial charge in [-0.15, -0.1) is 0 Å². The first kappa shape index (κ1) is 20.5. The van der Waals surface area contributed by atoms with Gasteiger partial charge in [-0.05, 0) is 42.5 Å². The van der Waals surface area contributed by atoms with Crippen molar-refractivity contribution >= 4 is 46.0 Å². The number of hydrogen-bond acceptors (Lipinski definition) is 5. The molecule has 0 atom stereocenters. The number of fused-ring (bicyclic) bond motifs is 2. The zero-order valence-corrected chi connectivity index (χ0v) is 18.8. The van der Waals surface area contributed by atoms with Crippen LogP contribution in [0.1, 0.15) is 10.4 Å². The van der Waals surface area contributed by atoms with E-state index in [0.29, 0.717) is 33.3 Å². The average Bonchev–Trinajstić information content (AvgIpc) is 3.34. The summed E-state index contributed by atoms with van der Waals surface area (Å²) < 4.78 is 13.8. The SMILES string of the molecule is Cn1c(=O)n(C)c2cc(Sc3ccccc3Cl)c(NC(=O)c3ccc4c(c3)OCO4)cc21. The summed E-state index contributed by atoms with van der Waals surface area (Å²) in [6.45, 7) is 0.137. The number of nitrogens with zero attached hydrogens (tertiary/aromatic N) is 2. The highest BCUT2D eigenvalue weighted by molar-refractivity contribution is 7.99. The number of hydrogen-bond donors (Lipinski definition) is 1. The van der Waals surface area contributed by atoms with Crippen molar-refractivity contribution in [3.8, 4) is 11.5 Å². The van der Waals surface area contributed by atoms with E-state index in [1.54, 1.807) is 47.5 Å².